The summed E-state index contributed by atoms with van der Waals surface area (Å²) in [5.74, 6) is 0. The van der Waals surface area contributed by atoms with Crippen molar-refractivity contribution < 1.29 is 9.47 Å². The molecule has 0 amide bonds. The predicted octanol–water partition coefficient (Wildman–Crippen LogP) is 0.733. The lowest BCUT2D eigenvalue weighted by molar-refractivity contribution is -0.377. The van der Waals surface area contributed by atoms with E-state index in [-0.39, 0.29) is 12.6 Å². The maximum atomic E-state index is 5.40. The monoisotopic (exact) mass is 214 g/mol. The molecule has 0 aromatic rings. The minimum absolute atomic E-state index is 0.0265. The number of hydrogen-bond donors (Lipinski definition) is 0. The largest absolute Gasteiger partial charge is 0.324 e. The van der Waals surface area contributed by atoms with Crippen molar-refractivity contribution in [1.29, 1.82) is 0 Å². The summed E-state index contributed by atoms with van der Waals surface area (Å²) < 4.78 is 10.8. The molecule has 2 fully saturated rings. The van der Waals surface area contributed by atoms with Crippen molar-refractivity contribution in [2.75, 3.05) is 39.8 Å². The minimum Gasteiger partial charge on any atom is -0.324 e. The summed E-state index contributed by atoms with van der Waals surface area (Å²) in [5.41, 5.74) is 0. The molecule has 0 radical (unpaired) electrons. The number of ether oxygens (including phenoxy) is 2. The van der Waals surface area contributed by atoms with Crippen LogP contribution in [0.1, 0.15) is 19.8 Å². The van der Waals surface area contributed by atoms with Crippen molar-refractivity contribution in [3.8, 4) is 0 Å². The molecule has 88 valence electrons. The molecule has 4 heteroatoms. The standard InChI is InChI=1S/C11H22N2O2/c1-10-14-11(15-10)4-3-5-13-8-6-12(2)7-9-13/h10-11H,3-9H2,1-2H3. The summed E-state index contributed by atoms with van der Waals surface area (Å²) >= 11 is 0. The van der Waals surface area contributed by atoms with E-state index in [4.69, 9.17) is 9.47 Å². The van der Waals surface area contributed by atoms with Gasteiger partial charge in [-0.15, -0.1) is 0 Å². The van der Waals surface area contributed by atoms with Gasteiger partial charge in [-0.05, 0) is 33.4 Å². The first-order valence-corrected chi connectivity index (χ1v) is 5.96. The Morgan fingerprint density at radius 3 is 2.40 bits per heavy atom. The fourth-order valence-electron chi connectivity index (χ4n) is 2.13. The molecule has 2 aliphatic heterocycles. The fraction of sp³-hybridized carbons (Fsp3) is 1.00. The van der Waals surface area contributed by atoms with Gasteiger partial charge in [-0.1, -0.05) is 0 Å². The Labute approximate surface area is 92.1 Å². The Morgan fingerprint density at radius 1 is 1.13 bits per heavy atom. The molecule has 2 rings (SSSR count). The quantitative estimate of drug-likeness (QED) is 0.689. The molecule has 2 heterocycles. The van der Waals surface area contributed by atoms with E-state index in [2.05, 4.69) is 16.8 Å². The van der Waals surface area contributed by atoms with E-state index in [0.717, 1.165) is 6.42 Å². The van der Waals surface area contributed by atoms with Crippen molar-refractivity contribution in [3.05, 3.63) is 0 Å². The third-order valence-electron chi connectivity index (χ3n) is 3.20. The lowest BCUT2D eigenvalue weighted by Gasteiger charge is -2.35. The zero-order valence-corrected chi connectivity index (χ0v) is 9.82. The van der Waals surface area contributed by atoms with E-state index in [1.807, 2.05) is 6.92 Å². The second kappa shape index (κ2) is 5.25. The van der Waals surface area contributed by atoms with Crippen LogP contribution < -0.4 is 0 Å². The Morgan fingerprint density at radius 2 is 1.80 bits per heavy atom. The number of likely N-dealkylation sites (N-methyl/N-ethyl adjacent to an activating group) is 1. The van der Waals surface area contributed by atoms with Crippen LogP contribution in [-0.2, 0) is 9.47 Å². The van der Waals surface area contributed by atoms with E-state index >= 15 is 0 Å². The Kier molecular flexibility index (Phi) is 3.97. The Balaban J connectivity index is 1.51. The second-order valence-corrected chi connectivity index (χ2v) is 4.56. The molecule has 0 unspecified atom stereocenters. The second-order valence-electron chi connectivity index (χ2n) is 4.56. The van der Waals surface area contributed by atoms with Gasteiger partial charge in [0.15, 0.2) is 12.6 Å². The SMILES string of the molecule is CC1OC(CCCN2CCN(C)CC2)O1. The highest BCUT2D eigenvalue weighted by molar-refractivity contribution is 4.69. The van der Waals surface area contributed by atoms with Crippen molar-refractivity contribution in [2.45, 2.75) is 32.3 Å². The summed E-state index contributed by atoms with van der Waals surface area (Å²) in [6.45, 7) is 7.95. The highest BCUT2D eigenvalue weighted by Gasteiger charge is 2.26. The molecule has 15 heavy (non-hydrogen) atoms. The Bertz CT molecular complexity index is 187. The first kappa shape index (κ1) is 11.3. The van der Waals surface area contributed by atoms with E-state index < -0.39 is 0 Å². The van der Waals surface area contributed by atoms with Crippen LogP contribution >= 0.6 is 0 Å². The van der Waals surface area contributed by atoms with E-state index in [0.29, 0.717) is 0 Å². The predicted molar refractivity (Wildman–Crippen MR) is 58.6 cm³/mol. The van der Waals surface area contributed by atoms with Crippen molar-refractivity contribution in [2.24, 2.45) is 0 Å². The minimum atomic E-state index is 0.0265. The normalized spacial score (nSPS) is 34.0. The van der Waals surface area contributed by atoms with Crippen LogP contribution in [0.15, 0.2) is 0 Å². The average molecular weight is 214 g/mol. The van der Waals surface area contributed by atoms with Gasteiger partial charge in [0, 0.05) is 26.2 Å². The summed E-state index contributed by atoms with van der Waals surface area (Å²) in [5, 5.41) is 0. The molecular weight excluding hydrogens is 192 g/mol. The van der Waals surface area contributed by atoms with Gasteiger partial charge in [0.2, 0.25) is 0 Å². The molecule has 0 bridgehead atoms. The van der Waals surface area contributed by atoms with Crippen LogP contribution in [0, 0.1) is 0 Å². The topological polar surface area (TPSA) is 24.9 Å². The van der Waals surface area contributed by atoms with Crippen molar-refractivity contribution in [1.82, 2.24) is 9.80 Å². The highest BCUT2D eigenvalue weighted by Crippen LogP contribution is 2.20. The smallest absolute Gasteiger partial charge is 0.163 e. The van der Waals surface area contributed by atoms with Crippen LogP contribution in [0.5, 0.6) is 0 Å². The molecule has 2 saturated heterocycles. The number of piperazine rings is 1. The van der Waals surface area contributed by atoms with Crippen LogP contribution in [-0.4, -0.2) is 62.2 Å². The molecular formula is C11H22N2O2. The van der Waals surface area contributed by atoms with Gasteiger partial charge >= 0.3 is 0 Å². The van der Waals surface area contributed by atoms with Gasteiger partial charge in [0.05, 0.1) is 0 Å². The van der Waals surface area contributed by atoms with Crippen LogP contribution in [0.4, 0.5) is 0 Å². The van der Waals surface area contributed by atoms with Crippen LogP contribution in [0.25, 0.3) is 0 Å². The number of rotatable bonds is 4. The molecule has 0 aromatic heterocycles. The van der Waals surface area contributed by atoms with Gasteiger partial charge < -0.3 is 19.3 Å². The average Bonchev–Trinajstić information content (AvgIpc) is 2.18. The zero-order chi connectivity index (χ0) is 10.7. The number of nitrogens with zero attached hydrogens (tertiary/aromatic N) is 2. The van der Waals surface area contributed by atoms with E-state index in [1.165, 1.54) is 39.1 Å². The van der Waals surface area contributed by atoms with Gasteiger partial charge in [-0.25, -0.2) is 0 Å². The summed E-state index contributed by atoms with van der Waals surface area (Å²) in [7, 11) is 2.19. The first-order valence-electron chi connectivity index (χ1n) is 5.96. The first-order chi connectivity index (χ1) is 7.24. The van der Waals surface area contributed by atoms with Crippen molar-refractivity contribution >= 4 is 0 Å². The van der Waals surface area contributed by atoms with Crippen LogP contribution in [0.3, 0.4) is 0 Å². The third-order valence-corrected chi connectivity index (χ3v) is 3.20. The highest BCUT2D eigenvalue weighted by atomic mass is 16.9. The maximum absolute atomic E-state index is 5.40. The fourth-order valence-corrected chi connectivity index (χ4v) is 2.13. The maximum Gasteiger partial charge on any atom is 0.163 e. The molecule has 2 aliphatic rings. The van der Waals surface area contributed by atoms with Crippen molar-refractivity contribution in [3.63, 3.8) is 0 Å². The summed E-state index contributed by atoms with van der Waals surface area (Å²) in [6.07, 6.45) is 2.32. The lowest BCUT2D eigenvalue weighted by atomic mass is 10.2. The molecule has 0 aromatic carbocycles. The van der Waals surface area contributed by atoms with Gasteiger partial charge in [-0.3, -0.25) is 0 Å². The third kappa shape index (κ3) is 3.41. The van der Waals surface area contributed by atoms with E-state index in [9.17, 15) is 0 Å². The molecule has 0 N–H and O–H groups in total. The van der Waals surface area contributed by atoms with Gasteiger partial charge in [0.1, 0.15) is 0 Å². The molecule has 0 spiro atoms. The van der Waals surface area contributed by atoms with Crippen LogP contribution in [0.2, 0.25) is 0 Å². The zero-order valence-electron chi connectivity index (χ0n) is 9.82. The number of hydrogen-bond acceptors (Lipinski definition) is 4. The summed E-state index contributed by atoms with van der Waals surface area (Å²) in [6, 6.07) is 0. The Hall–Kier alpha value is -0.160. The molecule has 0 atom stereocenters. The molecule has 0 saturated carbocycles. The van der Waals surface area contributed by atoms with Gasteiger partial charge in [0.25, 0.3) is 0 Å². The summed E-state index contributed by atoms with van der Waals surface area (Å²) in [4.78, 5) is 4.92. The molecule has 4 nitrogen and oxygen atoms in total. The molecule has 0 aliphatic carbocycles. The van der Waals surface area contributed by atoms with E-state index in [1.54, 1.807) is 0 Å². The van der Waals surface area contributed by atoms with Gasteiger partial charge in [-0.2, -0.15) is 0 Å². The lowest BCUT2D eigenvalue weighted by Crippen LogP contribution is -2.45.